The number of para-hydroxylation sites is 1. The third-order valence-electron chi connectivity index (χ3n) is 5.30. The van der Waals surface area contributed by atoms with Gasteiger partial charge in [0.2, 0.25) is 5.91 Å². The SMILES string of the molecule is COc1ccc(NC(=O)C2CCCN2C(=O)c2nn(-c3ccccc3)cc2OC)cc1. The molecule has 3 aromatic rings. The average molecular weight is 420 g/mol. The molecule has 0 bridgehead atoms. The average Bonchev–Trinajstić information content (AvgIpc) is 3.47. The van der Waals surface area contributed by atoms with Crippen LogP contribution in [0, 0.1) is 0 Å². The predicted octanol–water partition coefficient (Wildman–Crippen LogP) is 3.13. The van der Waals surface area contributed by atoms with E-state index in [4.69, 9.17) is 9.47 Å². The molecule has 2 heterocycles. The van der Waals surface area contributed by atoms with Crippen LogP contribution in [0.15, 0.2) is 60.8 Å². The maximum Gasteiger partial charge on any atom is 0.278 e. The van der Waals surface area contributed by atoms with Crippen molar-refractivity contribution in [3.05, 3.63) is 66.5 Å². The molecule has 0 saturated carbocycles. The number of nitrogens with zero attached hydrogens (tertiary/aromatic N) is 3. The Bertz CT molecular complexity index is 1060. The van der Waals surface area contributed by atoms with Crippen molar-refractivity contribution in [3.8, 4) is 17.2 Å². The minimum atomic E-state index is -0.568. The summed E-state index contributed by atoms with van der Waals surface area (Å²) < 4.78 is 12.1. The van der Waals surface area contributed by atoms with Gasteiger partial charge in [-0.3, -0.25) is 9.59 Å². The molecular weight excluding hydrogens is 396 g/mol. The van der Waals surface area contributed by atoms with Crippen LogP contribution >= 0.6 is 0 Å². The summed E-state index contributed by atoms with van der Waals surface area (Å²) in [4.78, 5) is 27.8. The van der Waals surface area contributed by atoms with E-state index in [-0.39, 0.29) is 17.5 Å². The zero-order valence-electron chi connectivity index (χ0n) is 17.4. The van der Waals surface area contributed by atoms with Gasteiger partial charge in [-0.05, 0) is 49.2 Å². The zero-order chi connectivity index (χ0) is 21.8. The number of anilines is 1. The molecule has 8 nitrogen and oxygen atoms in total. The molecule has 1 atom stereocenters. The molecule has 31 heavy (non-hydrogen) atoms. The maximum atomic E-state index is 13.3. The van der Waals surface area contributed by atoms with Crippen LogP contribution in [0.1, 0.15) is 23.3 Å². The lowest BCUT2D eigenvalue weighted by molar-refractivity contribution is -0.119. The number of nitrogens with one attached hydrogen (secondary N) is 1. The van der Waals surface area contributed by atoms with Gasteiger partial charge in [-0.2, -0.15) is 5.10 Å². The molecule has 1 aliphatic rings. The largest absolute Gasteiger partial charge is 0.497 e. The molecule has 160 valence electrons. The van der Waals surface area contributed by atoms with E-state index >= 15 is 0 Å². The number of carbonyl (C=O) groups is 2. The van der Waals surface area contributed by atoms with Crippen molar-refractivity contribution in [2.45, 2.75) is 18.9 Å². The number of carbonyl (C=O) groups excluding carboxylic acids is 2. The van der Waals surface area contributed by atoms with Crippen molar-refractivity contribution in [3.63, 3.8) is 0 Å². The van der Waals surface area contributed by atoms with E-state index in [2.05, 4.69) is 10.4 Å². The summed E-state index contributed by atoms with van der Waals surface area (Å²) in [6, 6.07) is 16.0. The number of methoxy groups -OCH3 is 2. The van der Waals surface area contributed by atoms with Crippen LogP contribution in [0.2, 0.25) is 0 Å². The summed E-state index contributed by atoms with van der Waals surface area (Å²) in [5, 5.41) is 7.33. The summed E-state index contributed by atoms with van der Waals surface area (Å²) in [6.07, 6.45) is 3.01. The topological polar surface area (TPSA) is 85.7 Å². The Hall–Kier alpha value is -3.81. The van der Waals surface area contributed by atoms with Gasteiger partial charge in [0, 0.05) is 12.2 Å². The van der Waals surface area contributed by atoms with E-state index in [1.54, 1.807) is 47.2 Å². The van der Waals surface area contributed by atoms with Crippen LogP contribution in [-0.2, 0) is 4.79 Å². The van der Waals surface area contributed by atoms with Crippen LogP contribution in [0.4, 0.5) is 5.69 Å². The molecule has 0 spiro atoms. The Kier molecular flexibility index (Phi) is 5.88. The number of ether oxygens (including phenoxy) is 2. The van der Waals surface area contributed by atoms with Gasteiger partial charge >= 0.3 is 0 Å². The van der Waals surface area contributed by atoms with Crippen molar-refractivity contribution < 1.29 is 19.1 Å². The number of likely N-dealkylation sites (tertiary alicyclic amines) is 1. The van der Waals surface area contributed by atoms with Gasteiger partial charge < -0.3 is 19.7 Å². The number of aromatic nitrogens is 2. The highest BCUT2D eigenvalue weighted by Crippen LogP contribution is 2.26. The highest BCUT2D eigenvalue weighted by Gasteiger charge is 2.37. The highest BCUT2D eigenvalue weighted by molar-refractivity contribution is 6.01. The van der Waals surface area contributed by atoms with Crippen LogP contribution in [0.5, 0.6) is 11.5 Å². The van der Waals surface area contributed by atoms with E-state index in [9.17, 15) is 9.59 Å². The first-order valence-corrected chi connectivity index (χ1v) is 10.1. The molecule has 1 aromatic heterocycles. The number of benzene rings is 2. The minimum Gasteiger partial charge on any atom is -0.497 e. The first-order chi connectivity index (χ1) is 15.1. The van der Waals surface area contributed by atoms with Gasteiger partial charge in [0.15, 0.2) is 11.4 Å². The van der Waals surface area contributed by atoms with Crippen molar-refractivity contribution >= 4 is 17.5 Å². The molecule has 1 fully saturated rings. The van der Waals surface area contributed by atoms with Crippen molar-refractivity contribution in [2.24, 2.45) is 0 Å². The van der Waals surface area contributed by atoms with Crippen LogP contribution in [-0.4, -0.2) is 53.3 Å². The molecule has 1 unspecified atom stereocenters. The second-order valence-electron chi connectivity index (χ2n) is 7.20. The number of amides is 2. The first-order valence-electron chi connectivity index (χ1n) is 10.1. The standard InChI is InChI=1S/C23H24N4O4/c1-30-18-12-10-16(11-13-18)24-22(28)19-9-6-14-26(19)23(29)21-20(31-2)15-27(25-21)17-7-4-3-5-8-17/h3-5,7-8,10-13,15,19H,6,9,14H2,1-2H3,(H,24,28). The Morgan fingerprint density at radius 1 is 1.03 bits per heavy atom. The highest BCUT2D eigenvalue weighted by atomic mass is 16.5. The normalized spacial score (nSPS) is 15.5. The summed E-state index contributed by atoms with van der Waals surface area (Å²) in [6.45, 7) is 0.487. The Morgan fingerprint density at radius 3 is 2.45 bits per heavy atom. The summed E-state index contributed by atoms with van der Waals surface area (Å²) in [5.74, 6) is 0.531. The minimum absolute atomic E-state index is 0.190. The van der Waals surface area contributed by atoms with Gasteiger partial charge in [-0.15, -0.1) is 0 Å². The van der Waals surface area contributed by atoms with Crippen LogP contribution < -0.4 is 14.8 Å². The molecule has 1 aliphatic heterocycles. The molecule has 1 saturated heterocycles. The van der Waals surface area contributed by atoms with Crippen molar-refractivity contribution in [2.75, 3.05) is 26.1 Å². The lowest BCUT2D eigenvalue weighted by atomic mass is 10.2. The fourth-order valence-corrected chi connectivity index (χ4v) is 3.69. The van der Waals surface area contributed by atoms with Gasteiger partial charge in [0.1, 0.15) is 11.8 Å². The molecular formula is C23H24N4O4. The summed E-state index contributed by atoms with van der Waals surface area (Å²) in [5.41, 5.74) is 1.65. The van der Waals surface area contributed by atoms with E-state index in [0.717, 1.165) is 12.1 Å². The third-order valence-corrected chi connectivity index (χ3v) is 5.30. The fourth-order valence-electron chi connectivity index (χ4n) is 3.69. The van der Waals surface area contributed by atoms with E-state index < -0.39 is 6.04 Å². The smallest absolute Gasteiger partial charge is 0.278 e. The second kappa shape index (κ2) is 8.91. The molecule has 0 aliphatic carbocycles. The fraction of sp³-hybridized carbons (Fsp3) is 0.261. The van der Waals surface area contributed by atoms with Gasteiger partial charge in [-0.25, -0.2) is 4.68 Å². The van der Waals surface area contributed by atoms with Crippen molar-refractivity contribution in [1.82, 2.24) is 14.7 Å². The quantitative estimate of drug-likeness (QED) is 0.662. The lowest BCUT2D eigenvalue weighted by Crippen LogP contribution is -2.43. The Labute approximate surface area is 180 Å². The first kappa shape index (κ1) is 20.5. The predicted molar refractivity (Wildman–Crippen MR) is 116 cm³/mol. The van der Waals surface area contributed by atoms with E-state index in [1.807, 2.05) is 30.3 Å². The zero-order valence-corrected chi connectivity index (χ0v) is 17.4. The maximum absolute atomic E-state index is 13.3. The van der Waals surface area contributed by atoms with Crippen molar-refractivity contribution in [1.29, 1.82) is 0 Å². The molecule has 8 heteroatoms. The third kappa shape index (κ3) is 4.23. The lowest BCUT2D eigenvalue weighted by Gasteiger charge is -2.23. The monoisotopic (exact) mass is 420 g/mol. The van der Waals surface area contributed by atoms with Crippen LogP contribution in [0.3, 0.4) is 0 Å². The summed E-state index contributed by atoms with van der Waals surface area (Å²) in [7, 11) is 3.09. The van der Waals surface area contributed by atoms with E-state index in [1.165, 1.54) is 7.11 Å². The van der Waals surface area contributed by atoms with E-state index in [0.29, 0.717) is 30.2 Å². The summed E-state index contributed by atoms with van der Waals surface area (Å²) >= 11 is 0. The van der Waals surface area contributed by atoms with Gasteiger partial charge in [0.25, 0.3) is 5.91 Å². The Morgan fingerprint density at radius 2 is 1.77 bits per heavy atom. The number of rotatable bonds is 6. The number of hydrogen-bond acceptors (Lipinski definition) is 5. The molecule has 2 aromatic carbocycles. The molecule has 1 N–H and O–H groups in total. The number of hydrogen-bond donors (Lipinski definition) is 1. The Balaban J connectivity index is 1.53. The van der Waals surface area contributed by atoms with Gasteiger partial charge in [-0.1, -0.05) is 18.2 Å². The molecule has 0 radical (unpaired) electrons. The molecule has 2 amide bonds. The molecule has 4 rings (SSSR count). The second-order valence-corrected chi connectivity index (χ2v) is 7.20. The van der Waals surface area contributed by atoms with Crippen LogP contribution in [0.25, 0.3) is 5.69 Å². The van der Waals surface area contributed by atoms with Gasteiger partial charge in [0.05, 0.1) is 26.1 Å².